The molecule has 0 unspecified atom stereocenters. The highest BCUT2D eigenvalue weighted by Crippen LogP contribution is 2.20. The zero-order valence-electron chi connectivity index (χ0n) is 11.3. The van der Waals surface area contributed by atoms with Crippen LogP contribution in [0, 0.1) is 0 Å². The maximum Gasteiger partial charge on any atom is 0.239 e. The van der Waals surface area contributed by atoms with Crippen molar-refractivity contribution in [1.82, 2.24) is 14.8 Å². The van der Waals surface area contributed by atoms with Crippen molar-refractivity contribution in [1.29, 1.82) is 0 Å². The Morgan fingerprint density at radius 3 is 2.89 bits per heavy atom. The molecule has 2 heterocycles. The van der Waals surface area contributed by atoms with Gasteiger partial charge in [-0.25, -0.2) is 0 Å². The van der Waals surface area contributed by atoms with Gasteiger partial charge in [-0.3, -0.25) is 4.68 Å². The Kier molecular flexibility index (Phi) is 4.22. The number of anilines is 2. The zero-order valence-corrected chi connectivity index (χ0v) is 11.3. The molecule has 0 saturated heterocycles. The van der Waals surface area contributed by atoms with Gasteiger partial charge in [-0.1, -0.05) is 0 Å². The minimum Gasteiger partial charge on any atom is -0.476 e. The summed E-state index contributed by atoms with van der Waals surface area (Å²) in [6.07, 6.45) is 2.78. The summed E-state index contributed by atoms with van der Waals surface area (Å²) in [5.41, 5.74) is 7.37. The summed E-state index contributed by atoms with van der Waals surface area (Å²) >= 11 is 0. The molecule has 0 spiro atoms. The Hall–Kier alpha value is -2.24. The minimum absolute atomic E-state index is 0.477. The van der Waals surface area contributed by atoms with Crippen molar-refractivity contribution in [3.8, 4) is 5.88 Å². The van der Waals surface area contributed by atoms with Crippen molar-refractivity contribution in [2.45, 2.75) is 13.3 Å². The van der Waals surface area contributed by atoms with Crippen molar-refractivity contribution in [3.63, 3.8) is 0 Å². The maximum atomic E-state index is 5.77. The van der Waals surface area contributed by atoms with E-state index in [1.165, 1.54) is 0 Å². The first-order chi connectivity index (χ1) is 9.19. The molecule has 0 aromatic carbocycles. The molecular formula is C13H19N5O. The van der Waals surface area contributed by atoms with Crippen molar-refractivity contribution in [2.75, 3.05) is 24.2 Å². The number of rotatable bonds is 6. The molecule has 0 bridgehead atoms. The van der Waals surface area contributed by atoms with E-state index in [-0.39, 0.29) is 0 Å². The molecule has 0 aliphatic heterocycles. The largest absolute Gasteiger partial charge is 0.476 e. The van der Waals surface area contributed by atoms with Gasteiger partial charge in [0.05, 0.1) is 18.0 Å². The lowest BCUT2D eigenvalue weighted by Crippen LogP contribution is -2.08. The Morgan fingerprint density at radius 1 is 1.37 bits per heavy atom. The van der Waals surface area contributed by atoms with Crippen LogP contribution >= 0.6 is 0 Å². The van der Waals surface area contributed by atoms with Gasteiger partial charge < -0.3 is 15.8 Å². The molecule has 19 heavy (non-hydrogen) atoms. The first-order valence-corrected chi connectivity index (χ1v) is 6.30. The van der Waals surface area contributed by atoms with Gasteiger partial charge in [0.25, 0.3) is 0 Å². The lowest BCUT2D eigenvalue weighted by molar-refractivity contribution is 0.329. The molecule has 2 rings (SSSR count). The second-order valence-electron chi connectivity index (χ2n) is 4.18. The number of nitrogens with zero attached hydrogens (tertiary/aromatic N) is 3. The fourth-order valence-electron chi connectivity index (χ4n) is 1.72. The van der Waals surface area contributed by atoms with Crippen molar-refractivity contribution in [3.05, 3.63) is 30.1 Å². The van der Waals surface area contributed by atoms with Crippen LogP contribution in [0.4, 0.5) is 11.5 Å². The van der Waals surface area contributed by atoms with Crippen LogP contribution in [-0.4, -0.2) is 27.9 Å². The minimum atomic E-state index is 0.477. The van der Waals surface area contributed by atoms with Crippen LogP contribution in [0.25, 0.3) is 0 Å². The third kappa shape index (κ3) is 3.61. The van der Waals surface area contributed by atoms with Gasteiger partial charge in [0.2, 0.25) is 5.88 Å². The lowest BCUT2D eigenvalue weighted by atomic mass is 10.3. The van der Waals surface area contributed by atoms with E-state index < -0.39 is 0 Å². The van der Waals surface area contributed by atoms with Crippen molar-refractivity contribution < 1.29 is 4.74 Å². The Bertz CT molecular complexity index is 538. The van der Waals surface area contributed by atoms with Gasteiger partial charge in [-0.15, -0.1) is 0 Å². The van der Waals surface area contributed by atoms with Crippen LogP contribution in [0.5, 0.6) is 5.88 Å². The van der Waals surface area contributed by atoms with E-state index >= 15 is 0 Å². The third-order valence-corrected chi connectivity index (χ3v) is 2.63. The molecule has 102 valence electrons. The Morgan fingerprint density at radius 2 is 2.21 bits per heavy atom. The SMILES string of the molecule is CCOc1nc(NCCc2ccn(C)n2)ccc1N. The molecule has 0 atom stereocenters. The summed E-state index contributed by atoms with van der Waals surface area (Å²) in [7, 11) is 1.91. The van der Waals surface area contributed by atoms with Crippen LogP contribution in [0.1, 0.15) is 12.6 Å². The van der Waals surface area contributed by atoms with Crippen LogP contribution < -0.4 is 15.8 Å². The first-order valence-electron chi connectivity index (χ1n) is 6.30. The van der Waals surface area contributed by atoms with Crippen LogP contribution in [0.2, 0.25) is 0 Å². The molecule has 2 aromatic heterocycles. The highest BCUT2D eigenvalue weighted by Gasteiger charge is 2.03. The highest BCUT2D eigenvalue weighted by molar-refractivity contribution is 5.53. The second-order valence-corrected chi connectivity index (χ2v) is 4.18. The van der Waals surface area contributed by atoms with E-state index in [4.69, 9.17) is 10.5 Å². The van der Waals surface area contributed by atoms with E-state index in [1.54, 1.807) is 10.7 Å². The highest BCUT2D eigenvalue weighted by atomic mass is 16.5. The van der Waals surface area contributed by atoms with Crippen LogP contribution in [0.3, 0.4) is 0 Å². The normalized spacial score (nSPS) is 10.4. The molecule has 3 N–H and O–H groups in total. The quantitative estimate of drug-likeness (QED) is 0.823. The van der Waals surface area contributed by atoms with Gasteiger partial charge in [0, 0.05) is 26.2 Å². The fourth-order valence-corrected chi connectivity index (χ4v) is 1.72. The van der Waals surface area contributed by atoms with Crippen molar-refractivity contribution in [2.24, 2.45) is 7.05 Å². The third-order valence-electron chi connectivity index (χ3n) is 2.63. The number of aryl methyl sites for hydroxylation is 1. The topological polar surface area (TPSA) is 78.0 Å². The number of aromatic nitrogens is 3. The molecule has 0 fully saturated rings. The Balaban J connectivity index is 1.90. The van der Waals surface area contributed by atoms with Crippen LogP contribution in [0.15, 0.2) is 24.4 Å². The van der Waals surface area contributed by atoms with Gasteiger partial charge in [0.15, 0.2) is 0 Å². The van der Waals surface area contributed by atoms with E-state index in [9.17, 15) is 0 Å². The van der Waals surface area contributed by atoms with E-state index in [0.717, 1.165) is 24.5 Å². The molecule has 6 heteroatoms. The summed E-state index contributed by atoms with van der Waals surface area (Å²) < 4.78 is 7.15. The first kappa shape index (κ1) is 13.2. The number of pyridine rings is 1. The number of hydrogen-bond donors (Lipinski definition) is 2. The van der Waals surface area contributed by atoms with Crippen molar-refractivity contribution >= 4 is 11.5 Å². The van der Waals surface area contributed by atoms with E-state index in [2.05, 4.69) is 15.4 Å². The fraction of sp³-hybridized carbons (Fsp3) is 0.385. The number of hydrogen-bond acceptors (Lipinski definition) is 5. The summed E-state index contributed by atoms with van der Waals surface area (Å²) in [5.74, 6) is 1.24. The molecule has 0 amide bonds. The smallest absolute Gasteiger partial charge is 0.239 e. The predicted molar refractivity (Wildman–Crippen MR) is 75.2 cm³/mol. The van der Waals surface area contributed by atoms with Gasteiger partial charge in [0.1, 0.15) is 5.82 Å². The number of ether oxygens (including phenoxy) is 1. The molecule has 6 nitrogen and oxygen atoms in total. The Labute approximate surface area is 112 Å². The summed E-state index contributed by atoms with van der Waals surface area (Å²) in [6.45, 7) is 3.22. The van der Waals surface area contributed by atoms with E-state index in [0.29, 0.717) is 18.2 Å². The molecule has 0 aliphatic rings. The second kappa shape index (κ2) is 6.08. The van der Waals surface area contributed by atoms with Gasteiger partial charge >= 0.3 is 0 Å². The summed E-state index contributed by atoms with van der Waals surface area (Å²) in [5, 5.41) is 7.55. The number of nitrogens with two attached hydrogens (primary N) is 1. The summed E-state index contributed by atoms with van der Waals surface area (Å²) in [4.78, 5) is 4.31. The zero-order chi connectivity index (χ0) is 13.7. The standard InChI is InChI=1S/C13H19N5O/c1-3-19-13-11(14)4-5-12(16-13)15-8-6-10-7-9-18(2)17-10/h4-5,7,9H,3,6,8,14H2,1-2H3,(H,15,16). The number of nitrogen functional groups attached to an aromatic ring is 1. The van der Waals surface area contributed by atoms with Crippen LogP contribution in [-0.2, 0) is 13.5 Å². The van der Waals surface area contributed by atoms with Gasteiger partial charge in [-0.05, 0) is 25.1 Å². The molecule has 0 radical (unpaired) electrons. The monoisotopic (exact) mass is 261 g/mol. The number of nitrogens with one attached hydrogen (secondary N) is 1. The van der Waals surface area contributed by atoms with Gasteiger partial charge in [-0.2, -0.15) is 10.1 Å². The molecule has 0 saturated carbocycles. The molecule has 2 aromatic rings. The average Bonchev–Trinajstić information content (AvgIpc) is 2.79. The predicted octanol–water partition coefficient (Wildman–Crippen LogP) is 1.45. The average molecular weight is 261 g/mol. The maximum absolute atomic E-state index is 5.77. The lowest BCUT2D eigenvalue weighted by Gasteiger charge is -2.09. The summed E-state index contributed by atoms with van der Waals surface area (Å²) in [6, 6.07) is 5.64. The molecular weight excluding hydrogens is 242 g/mol. The molecule has 0 aliphatic carbocycles. The van der Waals surface area contributed by atoms with E-state index in [1.807, 2.05) is 32.3 Å².